The Balaban J connectivity index is 1.26. The highest BCUT2D eigenvalue weighted by atomic mass is 16.8. The van der Waals surface area contributed by atoms with Crippen LogP contribution in [0.5, 0.6) is 0 Å². The van der Waals surface area contributed by atoms with Crippen LogP contribution in [0.1, 0.15) is 98.8 Å². The minimum atomic E-state index is -1.26. The number of carbonyl (C=O) groups excluding carboxylic acids is 1. The topological polar surface area (TPSA) is 196 Å². The normalized spacial score (nSPS) is 30.8. The van der Waals surface area contributed by atoms with Crippen LogP contribution < -0.4 is 5.32 Å². The van der Waals surface area contributed by atoms with Crippen LogP contribution in [0.3, 0.4) is 0 Å². The molecule has 16 heteroatoms. The third-order valence-electron chi connectivity index (χ3n) is 9.82. The fourth-order valence-electron chi connectivity index (χ4n) is 7.28. The Morgan fingerprint density at radius 1 is 0.849 bits per heavy atom. The molecule has 0 saturated carbocycles. The summed E-state index contributed by atoms with van der Waals surface area (Å²) in [6.45, 7) is 8.84. The molecule has 1 amide bonds. The van der Waals surface area contributed by atoms with Crippen LogP contribution in [-0.2, 0) is 42.6 Å². The molecule has 4 heterocycles. The Bertz CT molecular complexity index is 1310. The van der Waals surface area contributed by atoms with E-state index in [1.807, 2.05) is 0 Å². The van der Waals surface area contributed by atoms with Crippen molar-refractivity contribution in [2.24, 2.45) is 0 Å². The lowest BCUT2D eigenvalue weighted by molar-refractivity contribution is -0.384. The summed E-state index contributed by atoms with van der Waals surface area (Å²) in [5.41, 5.74) is 0.139. The standard InChI is InChI=1S/C37H58N2O14/c1-6-7-8-9-10-11-12-13-14-15-20-45-29-28(49-34-31(29)51-37(4,5)53-34)26(47-35(42)38-23-16-18-24(19-17-23)39(43)44)22-46-33-32-30(50-36(2,3)52-32)27(48-33)25(41)21-40/h16-19,25-34,40-41H,6-15,20-22H2,1-5H3,(H,38,42). The third-order valence-corrected chi connectivity index (χ3v) is 9.82. The molecule has 0 aliphatic carbocycles. The minimum absolute atomic E-state index is 0.132. The lowest BCUT2D eigenvalue weighted by Crippen LogP contribution is -2.48. The molecule has 4 saturated heterocycles. The van der Waals surface area contributed by atoms with E-state index in [2.05, 4.69) is 12.2 Å². The number of amides is 1. The molecule has 5 rings (SSSR count). The van der Waals surface area contributed by atoms with Crippen molar-refractivity contribution in [3.63, 3.8) is 0 Å². The predicted molar refractivity (Wildman–Crippen MR) is 189 cm³/mol. The molecule has 0 bridgehead atoms. The number of nitrogens with one attached hydrogen (secondary N) is 1. The molecule has 4 fully saturated rings. The Kier molecular flexibility index (Phi) is 14.8. The number of aliphatic hydroxyl groups excluding tert-OH is 2. The van der Waals surface area contributed by atoms with Crippen LogP contribution in [0.25, 0.3) is 0 Å². The van der Waals surface area contributed by atoms with Crippen molar-refractivity contribution in [1.82, 2.24) is 0 Å². The van der Waals surface area contributed by atoms with Gasteiger partial charge >= 0.3 is 6.09 Å². The monoisotopic (exact) mass is 754 g/mol. The van der Waals surface area contributed by atoms with E-state index in [1.165, 1.54) is 69.2 Å². The second-order valence-electron chi connectivity index (χ2n) is 15.1. The summed E-state index contributed by atoms with van der Waals surface area (Å²) in [5.74, 6) is -1.93. The zero-order valence-corrected chi connectivity index (χ0v) is 31.5. The minimum Gasteiger partial charge on any atom is -0.441 e. The van der Waals surface area contributed by atoms with Gasteiger partial charge in [-0.15, -0.1) is 0 Å². The molecule has 1 aromatic carbocycles. The molecular weight excluding hydrogens is 696 g/mol. The number of carbonyl (C=O) groups is 1. The van der Waals surface area contributed by atoms with Gasteiger partial charge < -0.3 is 52.8 Å². The number of hydrogen-bond donors (Lipinski definition) is 3. The Morgan fingerprint density at radius 2 is 1.45 bits per heavy atom. The van der Waals surface area contributed by atoms with Crippen molar-refractivity contribution in [3.8, 4) is 0 Å². The van der Waals surface area contributed by atoms with Crippen molar-refractivity contribution < 1.29 is 62.6 Å². The van der Waals surface area contributed by atoms with Gasteiger partial charge in [-0.2, -0.15) is 0 Å². The van der Waals surface area contributed by atoms with Gasteiger partial charge in [-0.25, -0.2) is 4.79 Å². The maximum atomic E-state index is 13.3. The van der Waals surface area contributed by atoms with Crippen LogP contribution >= 0.6 is 0 Å². The van der Waals surface area contributed by atoms with E-state index in [9.17, 15) is 25.1 Å². The molecule has 0 aromatic heterocycles. The first-order valence-electron chi connectivity index (χ1n) is 19.1. The number of rotatable bonds is 21. The highest BCUT2D eigenvalue weighted by Gasteiger charge is 2.60. The molecule has 10 atom stereocenters. The highest BCUT2D eigenvalue weighted by molar-refractivity contribution is 5.84. The Morgan fingerprint density at radius 3 is 2.09 bits per heavy atom. The van der Waals surface area contributed by atoms with E-state index in [-0.39, 0.29) is 18.0 Å². The van der Waals surface area contributed by atoms with Crippen molar-refractivity contribution in [3.05, 3.63) is 34.4 Å². The van der Waals surface area contributed by atoms with Gasteiger partial charge in [0, 0.05) is 24.4 Å². The van der Waals surface area contributed by atoms with Crippen LogP contribution in [0, 0.1) is 10.1 Å². The molecule has 0 radical (unpaired) electrons. The zero-order chi connectivity index (χ0) is 38.2. The lowest BCUT2D eigenvalue weighted by atomic mass is 10.0. The number of ether oxygens (including phenoxy) is 9. The predicted octanol–water partition coefficient (Wildman–Crippen LogP) is 5.31. The second kappa shape index (κ2) is 18.9. The van der Waals surface area contributed by atoms with Gasteiger partial charge in [-0.1, -0.05) is 64.7 Å². The summed E-state index contributed by atoms with van der Waals surface area (Å²) in [6.07, 6.45) is 2.00. The molecular formula is C37H58N2O14. The van der Waals surface area contributed by atoms with Crippen LogP contribution in [0.4, 0.5) is 16.2 Å². The molecule has 4 aliphatic heterocycles. The van der Waals surface area contributed by atoms with Crippen molar-refractivity contribution in [2.75, 3.05) is 25.1 Å². The first kappa shape index (κ1) is 41.6. The van der Waals surface area contributed by atoms with Crippen LogP contribution in [0.2, 0.25) is 0 Å². The van der Waals surface area contributed by atoms with Crippen molar-refractivity contribution in [2.45, 2.75) is 172 Å². The van der Waals surface area contributed by atoms with E-state index in [0.717, 1.165) is 19.3 Å². The van der Waals surface area contributed by atoms with E-state index < -0.39 is 90.6 Å². The maximum absolute atomic E-state index is 13.3. The van der Waals surface area contributed by atoms with Gasteiger partial charge in [0.2, 0.25) is 0 Å². The van der Waals surface area contributed by atoms with Crippen molar-refractivity contribution >= 4 is 17.5 Å². The quantitative estimate of drug-likeness (QED) is 0.0830. The number of aliphatic hydroxyl groups is 2. The number of anilines is 1. The molecule has 0 spiro atoms. The van der Waals surface area contributed by atoms with Gasteiger partial charge in [-0.3, -0.25) is 15.4 Å². The number of fused-ring (bicyclic) bond motifs is 2. The SMILES string of the molecule is CCCCCCCCCCCCOC1C(C(COC2OC(C(O)CO)C3OC(C)(C)OC23)OC(=O)Nc2ccc([N+](=O)[O-])cc2)OC2OC(C)(C)OC21. The van der Waals surface area contributed by atoms with Gasteiger partial charge in [0.05, 0.1) is 18.1 Å². The number of unbranched alkanes of at least 4 members (excludes halogenated alkanes) is 9. The fourth-order valence-corrected chi connectivity index (χ4v) is 7.28. The van der Waals surface area contributed by atoms with Crippen molar-refractivity contribution in [1.29, 1.82) is 0 Å². The Labute approximate surface area is 311 Å². The van der Waals surface area contributed by atoms with E-state index in [4.69, 9.17) is 42.6 Å². The summed E-state index contributed by atoms with van der Waals surface area (Å²) in [6, 6.07) is 5.31. The largest absolute Gasteiger partial charge is 0.441 e. The Hall–Kier alpha value is -2.51. The first-order chi connectivity index (χ1) is 25.3. The smallest absolute Gasteiger partial charge is 0.412 e. The fraction of sp³-hybridized carbons (Fsp3) is 0.811. The average molecular weight is 755 g/mol. The number of nitro benzene ring substituents is 1. The zero-order valence-electron chi connectivity index (χ0n) is 31.5. The average Bonchev–Trinajstić information content (AvgIpc) is 3.80. The molecule has 300 valence electrons. The number of non-ortho nitro benzene ring substituents is 1. The molecule has 53 heavy (non-hydrogen) atoms. The highest BCUT2D eigenvalue weighted by Crippen LogP contribution is 2.42. The number of hydrogen-bond acceptors (Lipinski definition) is 14. The summed E-state index contributed by atoms with van der Waals surface area (Å²) in [4.78, 5) is 23.9. The van der Waals surface area contributed by atoms with Crippen LogP contribution in [-0.4, -0.2) is 114 Å². The van der Waals surface area contributed by atoms with Gasteiger partial charge in [-0.05, 0) is 46.2 Å². The third kappa shape index (κ3) is 11.3. The molecule has 16 nitrogen and oxygen atoms in total. The number of nitro groups is 1. The van der Waals surface area contributed by atoms with E-state index >= 15 is 0 Å². The maximum Gasteiger partial charge on any atom is 0.412 e. The second-order valence-corrected chi connectivity index (χ2v) is 15.1. The first-order valence-corrected chi connectivity index (χ1v) is 19.1. The molecule has 1 aromatic rings. The van der Waals surface area contributed by atoms with E-state index in [0.29, 0.717) is 6.61 Å². The van der Waals surface area contributed by atoms with E-state index in [1.54, 1.807) is 27.7 Å². The number of nitrogens with zero attached hydrogens (tertiary/aromatic N) is 1. The van der Waals surface area contributed by atoms with Crippen LogP contribution in [0.15, 0.2) is 24.3 Å². The summed E-state index contributed by atoms with van der Waals surface area (Å²) >= 11 is 0. The number of benzene rings is 1. The summed E-state index contributed by atoms with van der Waals surface area (Å²) in [5, 5.41) is 33.9. The van der Waals surface area contributed by atoms with Gasteiger partial charge in [0.25, 0.3) is 5.69 Å². The lowest BCUT2D eigenvalue weighted by Gasteiger charge is -2.32. The molecule has 3 N–H and O–H groups in total. The summed E-state index contributed by atoms with van der Waals surface area (Å²) < 4.78 is 55.2. The summed E-state index contributed by atoms with van der Waals surface area (Å²) in [7, 11) is 0. The van der Waals surface area contributed by atoms with Gasteiger partial charge in [0.15, 0.2) is 30.3 Å². The molecule has 4 aliphatic rings. The van der Waals surface area contributed by atoms with Gasteiger partial charge in [0.1, 0.15) is 42.7 Å². The molecule has 10 unspecified atom stereocenters.